The van der Waals surface area contributed by atoms with Crippen molar-refractivity contribution in [2.24, 2.45) is 0 Å². The van der Waals surface area contributed by atoms with Crippen LogP contribution in [0.4, 0.5) is 0 Å². The zero-order chi connectivity index (χ0) is 92.0. The molecule has 145 heavy (non-hydrogen) atoms. The Labute approximate surface area is 973 Å². The quantitative estimate of drug-likeness (QED) is 0.109. The Morgan fingerprint density at radius 2 is 0.241 bits per heavy atom. The maximum atomic E-state index is 5.48. The van der Waals surface area contributed by atoms with Crippen LogP contribution in [-0.4, -0.2) is 29.9 Å². The zero-order valence-corrected chi connectivity index (χ0v) is 89.1. The molecule has 16 fully saturated rings. The van der Waals surface area contributed by atoms with Crippen LogP contribution in [0.3, 0.4) is 0 Å². The minimum Gasteiger partial charge on any atom is -0.357 e. The van der Waals surface area contributed by atoms with E-state index in [1.165, 1.54) is 0 Å². The smallest absolute Gasteiger partial charge is 0.357 e. The average molecular weight is 2240 g/mol. The summed E-state index contributed by atoms with van der Waals surface area (Å²) in [5.41, 5.74) is 9.27. The van der Waals surface area contributed by atoms with Gasteiger partial charge in [-0.1, -0.05) is 94.7 Å². The van der Waals surface area contributed by atoms with Crippen LogP contribution in [0.25, 0.3) is 89.7 Å². The van der Waals surface area contributed by atoms with Gasteiger partial charge in [0, 0.05) is 89.4 Å². The molecule has 0 unspecified atom stereocenters. The second kappa shape index (κ2) is 70.0. The number of aromatic nitrogens is 8. The third kappa shape index (κ3) is 39.2. The Morgan fingerprint density at radius 1 is 0.131 bits per heavy atom. The summed E-state index contributed by atoms with van der Waals surface area (Å²) in [6.45, 7) is 0. The van der Waals surface area contributed by atoms with Gasteiger partial charge < -0.3 is 29.9 Å². The van der Waals surface area contributed by atoms with Gasteiger partial charge in [-0.2, -0.15) is 0 Å². The van der Waals surface area contributed by atoms with Crippen LogP contribution in [0.1, 0.15) is 44.5 Å². The van der Waals surface area contributed by atoms with Crippen molar-refractivity contribution in [3.63, 3.8) is 0 Å². The summed E-state index contributed by atoms with van der Waals surface area (Å²) in [5.74, 6) is 62.9. The Hall–Kier alpha value is -4.50. The molecule has 0 atom stereocenters. The van der Waals surface area contributed by atoms with Crippen molar-refractivity contribution in [3.05, 3.63) is 603 Å². The van der Waals surface area contributed by atoms with E-state index in [-0.39, 0.29) is 156 Å². The fourth-order valence-electron chi connectivity index (χ4n) is 14.0. The fourth-order valence-corrected chi connectivity index (χ4v) is 14.0. The van der Waals surface area contributed by atoms with Crippen molar-refractivity contribution in [3.8, 4) is 140 Å². The second-order valence-corrected chi connectivity index (χ2v) is 30.3. The van der Waals surface area contributed by atoms with Crippen molar-refractivity contribution < 1.29 is 156 Å². The van der Waals surface area contributed by atoms with Crippen LogP contribution in [0.2, 0.25) is 0 Å². The fraction of sp³-hybridized carbons (Fsp3) is 0. The molecule has 8 bridgehead atoms. The van der Waals surface area contributed by atoms with E-state index in [1.807, 2.05) is 511 Å². The van der Waals surface area contributed by atoms with Gasteiger partial charge >= 0.3 is 156 Å². The van der Waals surface area contributed by atoms with Crippen molar-refractivity contribution in [2.75, 3.05) is 0 Å². The standard InChI is InChI=1S/C88H40N8.8C5H5.8Fe.Zn/c1-2-18-57(17-1)33-41-65-49-73-74(50-66(65)42-34-58-19-3-4-20-58)82-89-81(73)93-83-75-51-67(43-35-59-21-5-6-22-59)68(44-36-60-23-7-8-24-60)52-76(75)85(90-83)95-87-79-55-71(47-39-63-29-13-14-30-63)72(48-40-64-31-15-16-32-64)56-80(79)88(92-87)96-86-78-54-70(46-38-62-27-11-12-28-62)69(45-37-61-25-9-10-26-61)53-77(78)84(91-86)94-82;8*1-2-4-5-3-1;;;;;;;;;/h1-32,49-56H;8*1-5H;;;;;;;;;/q-2;;;;;;;;;9*+2. The van der Waals surface area contributed by atoms with Gasteiger partial charge in [0.1, 0.15) is 0 Å². The number of benzene rings is 4. The van der Waals surface area contributed by atoms with Gasteiger partial charge in [0.25, 0.3) is 0 Å². The van der Waals surface area contributed by atoms with Gasteiger partial charge in [-0.3, -0.25) is 0 Å². The van der Waals surface area contributed by atoms with E-state index in [2.05, 4.69) is 94.7 Å². The Bertz CT molecular complexity index is 5030. The Kier molecular flexibility index (Phi) is 60.7. The molecular weight excluding hydrogens is 2160 g/mol. The van der Waals surface area contributed by atoms with Gasteiger partial charge in [0.05, 0.1) is 70.6 Å². The molecule has 8 nitrogen and oxygen atoms in total. The number of rotatable bonds is 0. The molecule has 25 rings (SSSR count). The van der Waals surface area contributed by atoms with E-state index >= 15 is 0 Å². The molecule has 2 aliphatic heterocycles. The zero-order valence-electron chi connectivity index (χ0n) is 77.3. The van der Waals surface area contributed by atoms with Crippen LogP contribution >= 0.6 is 0 Å². The van der Waals surface area contributed by atoms with E-state index < -0.39 is 0 Å². The summed E-state index contributed by atoms with van der Waals surface area (Å²) in [6.07, 6.45) is 143. The monoisotopic (exact) mass is 2240 g/mol. The SMILES string of the molecule is C(#Cc1cc2c(cc1C#C[C]1[CH][CH][CH][CH]1)-c1nc-2nc2[n-]c(nc3nc(nc4[n-]c(n1)c1cc(C#C[C]5[CH][CH][CH][CH]5)c(C#C[C]5[CH][CH][CH][CH]5)cc41)-c1cc(C#C[C]4[CH][CH][CH][CH]4)c(C#C[C]4[CH][CH][CH][CH]4)cc1-3)c1cc(C#C[C]3[CH][CH][CH][CH]3)c(C#C[C]3[CH][CH][CH][CH]3)cc21)[C]1[CH][CH][CH][CH]1.[CH]1[CH][CH][CH][CH]1.[CH]1[CH][CH][CH][CH]1.[CH]1[CH][CH][CH][CH]1.[CH]1[CH][CH][CH][CH]1.[CH]1[CH][CH][CH][CH]1.[CH]1[CH][CH][CH][CH]1.[CH]1[CH][CH][CH][CH]1.[CH]1[CH][CH][CH][CH]1.[Fe+2].[Fe+2].[Fe+2].[Fe+2].[Fe+2].[Fe+2].[Fe+2].[Fe+2].[Zn+2]. The Balaban J connectivity index is 0.000000434. The molecule has 0 saturated heterocycles. The first-order chi connectivity index (χ1) is 67.5. The largest absolute Gasteiger partial charge is 2.00 e. The van der Waals surface area contributed by atoms with Gasteiger partial charge in [-0.05, 0) is 532 Å². The molecule has 16 aliphatic carbocycles. The molecule has 0 amide bonds. The van der Waals surface area contributed by atoms with Crippen molar-refractivity contribution >= 4 is 44.1 Å². The van der Waals surface area contributed by atoms with Crippen molar-refractivity contribution in [1.82, 2.24) is 39.9 Å². The summed E-state index contributed by atoms with van der Waals surface area (Å²) < 4.78 is 0. The maximum absolute atomic E-state index is 5.48. The molecule has 3 aromatic heterocycles. The molecule has 18 aliphatic rings. The normalized spacial score (nSPS) is 19.2. The Morgan fingerprint density at radius 3 is 0.359 bits per heavy atom. The molecule has 17 heteroatoms. The average Bonchev–Trinajstić information content (AvgIpc) is 1.58. The van der Waals surface area contributed by atoms with Crippen LogP contribution in [0, 0.1) is 604 Å². The predicted molar refractivity (Wildman–Crippen MR) is 545 cm³/mol. The molecule has 0 N–H and O–H groups in total. The second-order valence-electron chi connectivity index (χ2n) is 30.3. The first-order valence-electron chi connectivity index (χ1n) is 44.1. The number of fused-ring (bicyclic) bond motifs is 20. The number of hydrogen-bond acceptors (Lipinski definition) is 6. The van der Waals surface area contributed by atoms with E-state index in [9.17, 15) is 0 Å². The molecular formula is C128H80Fe8N8Zn+16. The molecule has 7 aromatic rings. The molecule has 0 spiro atoms. The van der Waals surface area contributed by atoms with Gasteiger partial charge in [0.15, 0.2) is 0 Å². The van der Waals surface area contributed by atoms with Crippen LogP contribution in [0.15, 0.2) is 48.5 Å². The minimum absolute atomic E-state index is 0. The number of nitrogens with zero attached hydrogens (tertiary/aromatic N) is 8. The third-order valence-electron chi connectivity index (χ3n) is 20.7. The molecule has 80 radical (unpaired) electrons. The van der Waals surface area contributed by atoms with Crippen molar-refractivity contribution in [2.45, 2.75) is 0 Å². The molecule has 16 saturated carbocycles. The van der Waals surface area contributed by atoms with Crippen LogP contribution in [-0.2, 0) is 156 Å². The molecule has 682 valence electrons. The topological polar surface area (TPSA) is 106 Å². The van der Waals surface area contributed by atoms with E-state index in [1.54, 1.807) is 0 Å². The van der Waals surface area contributed by atoms with Gasteiger partial charge in [-0.25, -0.2) is 9.97 Å². The molecule has 5 heterocycles. The maximum Gasteiger partial charge on any atom is 2.00 e. The van der Waals surface area contributed by atoms with E-state index in [0.29, 0.717) is 134 Å². The van der Waals surface area contributed by atoms with Gasteiger partial charge in [0.2, 0.25) is 0 Å². The van der Waals surface area contributed by atoms with Crippen LogP contribution < -0.4 is 9.97 Å². The van der Waals surface area contributed by atoms with Crippen LogP contribution in [0.5, 0.6) is 0 Å². The summed E-state index contributed by atoms with van der Waals surface area (Å²) in [7, 11) is 0. The first-order valence-corrected chi connectivity index (χ1v) is 44.1. The van der Waals surface area contributed by atoms with E-state index in [4.69, 9.17) is 39.9 Å². The summed E-state index contributed by atoms with van der Waals surface area (Å²) in [6, 6.07) is 16.0. The predicted octanol–water partition coefficient (Wildman–Crippen LogP) is 20.3. The summed E-state index contributed by atoms with van der Waals surface area (Å²) >= 11 is 0. The summed E-state index contributed by atoms with van der Waals surface area (Å²) in [4.78, 5) is 43.4. The van der Waals surface area contributed by atoms with Crippen molar-refractivity contribution in [1.29, 1.82) is 0 Å². The van der Waals surface area contributed by atoms with E-state index in [0.717, 1.165) is 47.3 Å². The first kappa shape index (κ1) is 126. The minimum atomic E-state index is 0. The van der Waals surface area contributed by atoms with Gasteiger partial charge in [-0.15, -0.1) is 0 Å². The third-order valence-corrected chi connectivity index (χ3v) is 20.7. The summed E-state index contributed by atoms with van der Waals surface area (Å²) in [5, 5.41) is 2.61. The number of hydrogen-bond donors (Lipinski definition) is 0. The molecule has 4 aromatic carbocycles.